The maximum absolute atomic E-state index is 14.4. The molecule has 19 heavy (non-hydrogen) atoms. The van der Waals surface area contributed by atoms with E-state index in [0.717, 1.165) is 5.56 Å². The average Bonchev–Trinajstić information content (AvgIpc) is 2.39. The van der Waals surface area contributed by atoms with Crippen molar-refractivity contribution in [3.05, 3.63) is 29.8 Å². The lowest BCUT2D eigenvalue weighted by molar-refractivity contribution is 0.0203. The zero-order valence-electron chi connectivity index (χ0n) is 10.9. The molecule has 1 aromatic carbocycles. The number of carbonyl (C=O) groups is 1. The number of hydrogen-bond donors (Lipinski definition) is 1. The third-order valence-electron chi connectivity index (χ3n) is 3.45. The number of amides is 1. The number of likely N-dealkylation sites (tertiary alicyclic amines) is 1. The number of piperidine rings is 1. The van der Waals surface area contributed by atoms with Gasteiger partial charge < -0.3 is 14.7 Å². The van der Waals surface area contributed by atoms with E-state index in [9.17, 15) is 9.18 Å². The first-order valence-electron chi connectivity index (χ1n) is 6.35. The Morgan fingerprint density at radius 1 is 1.37 bits per heavy atom. The second-order valence-corrected chi connectivity index (χ2v) is 5.02. The number of alkyl halides is 1. The van der Waals surface area contributed by atoms with Gasteiger partial charge in [-0.25, -0.2) is 9.18 Å². The van der Waals surface area contributed by atoms with Crippen molar-refractivity contribution >= 4 is 6.09 Å². The number of hydrogen-bond acceptors (Lipinski definition) is 2. The molecule has 1 amide bonds. The quantitative estimate of drug-likeness (QED) is 0.916. The van der Waals surface area contributed by atoms with Crippen molar-refractivity contribution in [2.45, 2.75) is 25.4 Å². The van der Waals surface area contributed by atoms with Crippen molar-refractivity contribution in [2.75, 3.05) is 19.7 Å². The fourth-order valence-corrected chi connectivity index (χ4v) is 2.09. The fraction of sp³-hybridized carbons (Fsp3) is 0.500. The molecule has 0 saturated carbocycles. The van der Waals surface area contributed by atoms with Gasteiger partial charge in [-0.2, -0.15) is 0 Å². The zero-order valence-corrected chi connectivity index (χ0v) is 10.9. The van der Waals surface area contributed by atoms with Crippen molar-refractivity contribution in [2.24, 2.45) is 0 Å². The monoisotopic (exact) mass is 267 g/mol. The summed E-state index contributed by atoms with van der Waals surface area (Å²) in [5.74, 6) is 0.642. The maximum Gasteiger partial charge on any atom is 0.407 e. The number of ether oxygens (including phenoxy) is 1. The van der Waals surface area contributed by atoms with E-state index in [0.29, 0.717) is 5.75 Å². The van der Waals surface area contributed by atoms with Gasteiger partial charge in [-0.15, -0.1) is 0 Å². The fourth-order valence-electron chi connectivity index (χ4n) is 2.09. The van der Waals surface area contributed by atoms with Crippen LogP contribution in [-0.2, 0) is 0 Å². The molecule has 1 saturated heterocycles. The molecule has 0 radical (unpaired) electrons. The van der Waals surface area contributed by atoms with Crippen LogP contribution in [0.2, 0.25) is 0 Å². The number of halogens is 1. The van der Waals surface area contributed by atoms with Crippen LogP contribution < -0.4 is 4.74 Å². The number of rotatable bonds is 3. The Morgan fingerprint density at radius 2 is 1.95 bits per heavy atom. The molecule has 1 fully saturated rings. The summed E-state index contributed by atoms with van der Waals surface area (Å²) in [6, 6.07) is 7.44. The highest BCUT2D eigenvalue weighted by Crippen LogP contribution is 2.27. The second kappa shape index (κ2) is 5.47. The van der Waals surface area contributed by atoms with Crippen LogP contribution in [0.1, 0.15) is 18.4 Å². The minimum Gasteiger partial charge on any atom is -0.490 e. The molecule has 0 aliphatic carbocycles. The Morgan fingerprint density at radius 3 is 2.47 bits per heavy atom. The Hall–Kier alpha value is -1.78. The standard InChI is InChI=1S/C14H18FNO3/c1-11-2-4-12(5-3-11)19-10-14(15)6-8-16(9-7-14)13(17)18/h2-5H,6-10H2,1H3,(H,17,18). The van der Waals surface area contributed by atoms with Gasteiger partial charge in [0.2, 0.25) is 0 Å². The molecule has 0 unspecified atom stereocenters. The zero-order chi connectivity index (χ0) is 13.9. The minimum atomic E-state index is -1.43. The third kappa shape index (κ3) is 3.59. The third-order valence-corrected chi connectivity index (χ3v) is 3.45. The van der Waals surface area contributed by atoms with Gasteiger partial charge in [0.25, 0.3) is 0 Å². The van der Waals surface area contributed by atoms with Gasteiger partial charge in [0, 0.05) is 25.9 Å². The second-order valence-electron chi connectivity index (χ2n) is 5.02. The first-order chi connectivity index (χ1) is 8.98. The van der Waals surface area contributed by atoms with E-state index in [2.05, 4.69) is 0 Å². The van der Waals surface area contributed by atoms with E-state index in [4.69, 9.17) is 9.84 Å². The summed E-state index contributed by atoms with van der Waals surface area (Å²) in [5.41, 5.74) is -0.311. The van der Waals surface area contributed by atoms with Gasteiger partial charge in [0.05, 0.1) is 0 Å². The van der Waals surface area contributed by atoms with Crippen LogP contribution in [0.3, 0.4) is 0 Å². The van der Waals surface area contributed by atoms with E-state index < -0.39 is 11.8 Å². The van der Waals surface area contributed by atoms with Crippen LogP contribution in [0.25, 0.3) is 0 Å². The summed E-state index contributed by atoms with van der Waals surface area (Å²) in [5, 5.41) is 8.81. The Bertz CT molecular complexity index is 439. The molecule has 1 aliphatic heterocycles. The van der Waals surface area contributed by atoms with Crippen LogP contribution in [0.5, 0.6) is 5.75 Å². The topological polar surface area (TPSA) is 49.8 Å². The summed E-state index contributed by atoms with van der Waals surface area (Å²) in [6.07, 6.45) is -0.613. The number of nitrogens with zero attached hydrogens (tertiary/aromatic N) is 1. The molecule has 0 atom stereocenters. The van der Waals surface area contributed by atoms with E-state index in [-0.39, 0.29) is 32.5 Å². The van der Waals surface area contributed by atoms with Crippen LogP contribution in [0.15, 0.2) is 24.3 Å². The molecule has 4 nitrogen and oxygen atoms in total. The first-order valence-corrected chi connectivity index (χ1v) is 6.35. The summed E-state index contributed by atoms with van der Waals surface area (Å²) in [6.45, 7) is 2.40. The van der Waals surface area contributed by atoms with Gasteiger partial charge >= 0.3 is 6.09 Å². The lowest BCUT2D eigenvalue weighted by Crippen LogP contribution is -2.46. The Balaban J connectivity index is 1.86. The molecular weight excluding hydrogens is 249 g/mol. The largest absolute Gasteiger partial charge is 0.490 e. The molecule has 1 heterocycles. The molecule has 1 aliphatic rings. The van der Waals surface area contributed by atoms with Crippen LogP contribution >= 0.6 is 0 Å². The molecule has 2 rings (SSSR count). The van der Waals surface area contributed by atoms with Crippen LogP contribution in [-0.4, -0.2) is 41.5 Å². The van der Waals surface area contributed by atoms with E-state index in [1.54, 1.807) is 0 Å². The summed E-state index contributed by atoms with van der Waals surface area (Å²) in [7, 11) is 0. The molecule has 1 aromatic rings. The number of benzene rings is 1. The lowest BCUT2D eigenvalue weighted by Gasteiger charge is -2.34. The molecule has 0 bridgehead atoms. The van der Waals surface area contributed by atoms with Crippen molar-refractivity contribution in [1.82, 2.24) is 4.90 Å². The van der Waals surface area contributed by atoms with Crippen LogP contribution in [0.4, 0.5) is 9.18 Å². The average molecular weight is 267 g/mol. The van der Waals surface area contributed by atoms with E-state index in [1.165, 1.54) is 4.90 Å². The van der Waals surface area contributed by atoms with Crippen molar-refractivity contribution in [3.8, 4) is 5.75 Å². The number of carboxylic acid groups (broad SMARTS) is 1. The minimum absolute atomic E-state index is 0.0243. The molecule has 104 valence electrons. The van der Waals surface area contributed by atoms with Gasteiger partial charge in [-0.3, -0.25) is 0 Å². The first kappa shape index (κ1) is 13.6. The van der Waals surface area contributed by atoms with Gasteiger partial charge in [-0.05, 0) is 19.1 Å². The summed E-state index contributed by atoms with van der Waals surface area (Å²) >= 11 is 0. The molecule has 5 heteroatoms. The lowest BCUT2D eigenvalue weighted by atomic mass is 9.94. The highest BCUT2D eigenvalue weighted by atomic mass is 19.1. The van der Waals surface area contributed by atoms with E-state index in [1.807, 2.05) is 31.2 Å². The number of aryl methyl sites for hydroxylation is 1. The Kier molecular flexibility index (Phi) is 3.93. The van der Waals surface area contributed by atoms with Gasteiger partial charge in [0.15, 0.2) is 0 Å². The molecule has 0 spiro atoms. The normalized spacial score (nSPS) is 18.1. The van der Waals surface area contributed by atoms with E-state index >= 15 is 0 Å². The van der Waals surface area contributed by atoms with Crippen molar-refractivity contribution < 1.29 is 19.0 Å². The SMILES string of the molecule is Cc1ccc(OCC2(F)CCN(C(=O)O)CC2)cc1. The highest BCUT2D eigenvalue weighted by molar-refractivity contribution is 5.65. The summed E-state index contributed by atoms with van der Waals surface area (Å²) < 4.78 is 19.9. The Labute approximate surface area is 111 Å². The van der Waals surface area contributed by atoms with Gasteiger partial charge in [0.1, 0.15) is 18.0 Å². The van der Waals surface area contributed by atoms with Crippen LogP contribution in [0, 0.1) is 6.92 Å². The molecule has 0 aromatic heterocycles. The van der Waals surface area contributed by atoms with Crippen molar-refractivity contribution in [3.63, 3.8) is 0 Å². The molecular formula is C14H18FNO3. The molecule has 1 N–H and O–H groups in total. The predicted octanol–water partition coefficient (Wildman–Crippen LogP) is 2.86. The highest BCUT2D eigenvalue weighted by Gasteiger charge is 2.36. The summed E-state index contributed by atoms with van der Waals surface area (Å²) in [4.78, 5) is 12.0. The van der Waals surface area contributed by atoms with Crippen molar-refractivity contribution in [1.29, 1.82) is 0 Å². The van der Waals surface area contributed by atoms with Gasteiger partial charge in [-0.1, -0.05) is 17.7 Å². The smallest absolute Gasteiger partial charge is 0.407 e. The predicted molar refractivity (Wildman–Crippen MR) is 69.3 cm³/mol. The maximum atomic E-state index is 14.4.